The summed E-state index contributed by atoms with van der Waals surface area (Å²) >= 11 is 11.9. The first-order valence-electron chi connectivity index (χ1n) is 7.04. The molecule has 1 aliphatic heterocycles. The topological polar surface area (TPSA) is 49.9 Å². The lowest BCUT2D eigenvalue weighted by molar-refractivity contribution is -0.143. The van der Waals surface area contributed by atoms with Crippen molar-refractivity contribution in [1.82, 2.24) is 9.80 Å². The van der Waals surface area contributed by atoms with Gasteiger partial charge in [-0.15, -0.1) is 0 Å². The Hall–Kier alpha value is -1.46. The molecule has 0 aliphatic carbocycles. The smallest absolute Gasteiger partial charge is 0.263 e. The van der Waals surface area contributed by atoms with Crippen molar-refractivity contribution in [1.29, 1.82) is 0 Å². The van der Waals surface area contributed by atoms with Crippen molar-refractivity contribution in [2.24, 2.45) is 0 Å². The predicted molar refractivity (Wildman–Crippen MR) is 85.4 cm³/mol. The van der Waals surface area contributed by atoms with E-state index in [1.165, 1.54) is 6.92 Å². The molecule has 5 nitrogen and oxygen atoms in total. The highest BCUT2D eigenvalue weighted by Gasteiger charge is 2.27. The maximum atomic E-state index is 12.4. The van der Waals surface area contributed by atoms with Gasteiger partial charge < -0.3 is 14.5 Å². The third-order valence-corrected chi connectivity index (χ3v) is 4.13. The molecule has 0 saturated carbocycles. The summed E-state index contributed by atoms with van der Waals surface area (Å²) in [5, 5.41) is 0.902. The van der Waals surface area contributed by atoms with Crippen LogP contribution in [0.15, 0.2) is 18.2 Å². The first kappa shape index (κ1) is 16.9. The van der Waals surface area contributed by atoms with E-state index >= 15 is 0 Å². The number of piperazine rings is 1. The van der Waals surface area contributed by atoms with Crippen LogP contribution < -0.4 is 4.74 Å². The number of amides is 2. The molecule has 120 valence electrons. The van der Waals surface area contributed by atoms with E-state index < -0.39 is 6.10 Å². The number of ether oxygens (including phenoxy) is 1. The molecule has 1 heterocycles. The van der Waals surface area contributed by atoms with Crippen molar-refractivity contribution in [2.75, 3.05) is 26.2 Å². The standard InChI is InChI=1S/C15H18Cl2N2O3/c1-10(22-14-9-12(16)3-4-13(14)17)15(21)19-7-5-18(6-8-19)11(2)20/h3-4,9-10H,5-8H2,1-2H3. The van der Waals surface area contributed by atoms with Gasteiger partial charge in [-0.2, -0.15) is 0 Å². The van der Waals surface area contributed by atoms with Crippen LogP contribution in [0, 0.1) is 0 Å². The number of hydrogen-bond acceptors (Lipinski definition) is 3. The Labute approximate surface area is 139 Å². The molecule has 2 amide bonds. The van der Waals surface area contributed by atoms with Gasteiger partial charge in [0.1, 0.15) is 5.75 Å². The van der Waals surface area contributed by atoms with Gasteiger partial charge in [-0.25, -0.2) is 0 Å². The Balaban J connectivity index is 1.95. The number of benzene rings is 1. The minimum atomic E-state index is -0.667. The minimum absolute atomic E-state index is 0.0297. The number of rotatable bonds is 3. The second kappa shape index (κ2) is 7.20. The van der Waals surface area contributed by atoms with E-state index in [-0.39, 0.29) is 11.8 Å². The molecule has 1 unspecified atom stereocenters. The molecule has 1 aliphatic rings. The summed E-state index contributed by atoms with van der Waals surface area (Å²) < 4.78 is 5.63. The average Bonchev–Trinajstić information content (AvgIpc) is 2.50. The number of carbonyl (C=O) groups excluding carboxylic acids is 2. The van der Waals surface area contributed by atoms with Crippen molar-refractivity contribution >= 4 is 35.0 Å². The zero-order chi connectivity index (χ0) is 16.3. The molecule has 1 aromatic rings. The van der Waals surface area contributed by atoms with Gasteiger partial charge in [0.2, 0.25) is 5.91 Å². The van der Waals surface area contributed by atoms with Crippen LogP contribution in [0.25, 0.3) is 0 Å². The van der Waals surface area contributed by atoms with Crippen molar-refractivity contribution in [2.45, 2.75) is 20.0 Å². The van der Waals surface area contributed by atoms with Gasteiger partial charge in [-0.05, 0) is 19.1 Å². The van der Waals surface area contributed by atoms with Crippen LogP contribution in [-0.2, 0) is 9.59 Å². The van der Waals surface area contributed by atoms with E-state index in [0.717, 1.165) is 0 Å². The summed E-state index contributed by atoms with van der Waals surface area (Å²) in [7, 11) is 0. The van der Waals surface area contributed by atoms with Crippen LogP contribution in [0.3, 0.4) is 0 Å². The quantitative estimate of drug-likeness (QED) is 0.846. The third-order valence-electron chi connectivity index (χ3n) is 3.58. The highest BCUT2D eigenvalue weighted by molar-refractivity contribution is 6.34. The van der Waals surface area contributed by atoms with E-state index in [0.29, 0.717) is 42.0 Å². The molecule has 1 aromatic carbocycles. The van der Waals surface area contributed by atoms with Gasteiger partial charge in [0.05, 0.1) is 5.02 Å². The lowest BCUT2D eigenvalue weighted by Gasteiger charge is -2.35. The maximum absolute atomic E-state index is 12.4. The molecule has 0 spiro atoms. The molecule has 2 rings (SSSR count). The lowest BCUT2D eigenvalue weighted by atomic mass is 10.2. The molecule has 1 saturated heterocycles. The van der Waals surface area contributed by atoms with Gasteiger partial charge in [-0.3, -0.25) is 9.59 Å². The SMILES string of the molecule is CC(=O)N1CCN(C(=O)C(C)Oc2cc(Cl)ccc2Cl)CC1. The summed E-state index contributed by atoms with van der Waals surface area (Å²) in [4.78, 5) is 27.1. The minimum Gasteiger partial charge on any atom is -0.479 e. The predicted octanol–water partition coefficient (Wildman–Crippen LogP) is 2.45. The molecular weight excluding hydrogens is 327 g/mol. The van der Waals surface area contributed by atoms with E-state index in [1.807, 2.05) is 0 Å². The molecule has 0 bridgehead atoms. The first-order valence-corrected chi connectivity index (χ1v) is 7.80. The van der Waals surface area contributed by atoms with Gasteiger partial charge in [-0.1, -0.05) is 23.2 Å². The van der Waals surface area contributed by atoms with Crippen LogP contribution >= 0.6 is 23.2 Å². The molecule has 1 fully saturated rings. The molecule has 1 atom stereocenters. The number of halogens is 2. The van der Waals surface area contributed by atoms with Crippen LogP contribution in [0.2, 0.25) is 10.0 Å². The summed E-state index contributed by atoms with van der Waals surface area (Å²) in [6.07, 6.45) is -0.667. The summed E-state index contributed by atoms with van der Waals surface area (Å²) in [6, 6.07) is 4.87. The number of carbonyl (C=O) groups is 2. The summed E-state index contributed by atoms with van der Waals surface area (Å²) in [5.41, 5.74) is 0. The van der Waals surface area contributed by atoms with Gasteiger partial charge in [0, 0.05) is 44.2 Å². The fourth-order valence-electron chi connectivity index (χ4n) is 2.31. The molecule has 0 N–H and O–H groups in total. The molecule has 0 aromatic heterocycles. The van der Waals surface area contributed by atoms with Crippen molar-refractivity contribution in [3.63, 3.8) is 0 Å². The zero-order valence-corrected chi connectivity index (χ0v) is 14.0. The van der Waals surface area contributed by atoms with Gasteiger partial charge in [0.25, 0.3) is 5.91 Å². The zero-order valence-electron chi connectivity index (χ0n) is 12.5. The monoisotopic (exact) mass is 344 g/mol. The largest absolute Gasteiger partial charge is 0.479 e. The Morgan fingerprint density at radius 3 is 2.32 bits per heavy atom. The molecule has 0 radical (unpaired) electrons. The Morgan fingerprint density at radius 2 is 1.73 bits per heavy atom. The van der Waals surface area contributed by atoms with E-state index in [1.54, 1.807) is 34.9 Å². The van der Waals surface area contributed by atoms with Gasteiger partial charge >= 0.3 is 0 Å². The van der Waals surface area contributed by atoms with Crippen LogP contribution in [0.1, 0.15) is 13.8 Å². The highest BCUT2D eigenvalue weighted by Crippen LogP contribution is 2.28. The Morgan fingerprint density at radius 1 is 1.14 bits per heavy atom. The molecule has 22 heavy (non-hydrogen) atoms. The third kappa shape index (κ3) is 4.05. The molecular formula is C15H18Cl2N2O3. The lowest BCUT2D eigenvalue weighted by Crippen LogP contribution is -2.52. The fourth-order valence-corrected chi connectivity index (χ4v) is 2.63. The summed E-state index contributed by atoms with van der Waals surface area (Å²) in [6.45, 7) is 5.32. The van der Waals surface area contributed by atoms with E-state index in [2.05, 4.69) is 0 Å². The van der Waals surface area contributed by atoms with Crippen LogP contribution in [0.4, 0.5) is 0 Å². The highest BCUT2D eigenvalue weighted by atomic mass is 35.5. The van der Waals surface area contributed by atoms with Crippen LogP contribution in [0.5, 0.6) is 5.75 Å². The van der Waals surface area contributed by atoms with Crippen molar-refractivity contribution < 1.29 is 14.3 Å². The van der Waals surface area contributed by atoms with E-state index in [9.17, 15) is 9.59 Å². The van der Waals surface area contributed by atoms with Crippen LogP contribution in [-0.4, -0.2) is 53.9 Å². The second-order valence-electron chi connectivity index (χ2n) is 5.17. The Kier molecular flexibility index (Phi) is 5.53. The first-order chi connectivity index (χ1) is 10.4. The number of hydrogen-bond donors (Lipinski definition) is 0. The van der Waals surface area contributed by atoms with Gasteiger partial charge in [0.15, 0.2) is 6.10 Å². The van der Waals surface area contributed by atoms with E-state index in [4.69, 9.17) is 27.9 Å². The number of nitrogens with zero attached hydrogens (tertiary/aromatic N) is 2. The molecule has 7 heteroatoms. The Bertz CT molecular complexity index is 572. The second-order valence-corrected chi connectivity index (χ2v) is 6.01. The average molecular weight is 345 g/mol. The maximum Gasteiger partial charge on any atom is 0.263 e. The van der Waals surface area contributed by atoms with Crippen molar-refractivity contribution in [3.05, 3.63) is 28.2 Å². The fraction of sp³-hybridized carbons (Fsp3) is 0.467. The summed E-state index contributed by atoms with van der Waals surface area (Å²) in [5.74, 6) is 0.290. The normalized spacial score (nSPS) is 16.4. The van der Waals surface area contributed by atoms with Crippen molar-refractivity contribution in [3.8, 4) is 5.75 Å².